The quantitative estimate of drug-likeness (QED) is 0.534. The van der Waals surface area contributed by atoms with Crippen LogP contribution < -0.4 is 0 Å². The summed E-state index contributed by atoms with van der Waals surface area (Å²) in [6.45, 7) is 8.20. The van der Waals surface area contributed by atoms with Gasteiger partial charge in [0, 0.05) is 29.0 Å². The van der Waals surface area contributed by atoms with Crippen LogP contribution >= 0.6 is 23.4 Å². The fourth-order valence-corrected chi connectivity index (χ4v) is 5.01. The van der Waals surface area contributed by atoms with Crippen molar-refractivity contribution in [3.63, 3.8) is 0 Å². The molecule has 0 radical (unpaired) electrons. The molecule has 1 saturated carbocycles. The van der Waals surface area contributed by atoms with Gasteiger partial charge in [-0.05, 0) is 78.3 Å². The van der Waals surface area contributed by atoms with Gasteiger partial charge in [0.05, 0.1) is 0 Å². The minimum atomic E-state index is -0.608. The zero-order valence-electron chi connectivity index (χ0n) is 15.3. The lowest BCUT2D eigenvalue weighted by molar-refractivity contribution is -0.133. The molecule has 2 rings (SSSR count). The molecule has 1 unspecified atom stereocenters. The molecule has 0 amide bonds. The average molecular weight is 377 g/mol. The van der Waals surface area contributed by atoms with E-state index in [-0.39, 0.29) is 17.5 Å². The normalized spacial score (nSPS) is 21.6. The number of hydrogen-bond donors (Lipinski definition) is 0. The predicted molar refractivity (Wildman–Crippen MR) is 106 cm³/mol. The van der Waals surface area contributed by atoms with Gasteiger partial charge in [-0.15, -0.1) is 0 Å². The third kappa shape index (κ3) is 4.90. The van der Waals surface area contributed by atoms with Crippen LogP contribution in [-0.2, 0) is 9.59 Å². The van der Waals surface area contributed by atoms with Crippen LogP contribution in [0.1, 0.15) is 61.3 Å². The Labute approximate surface area is 160 Å². The van der Waals surface area contributed by atoms with Gasteiger partial charge in [-0.2, -0.15) is 11.8 Å². The largest absolute Gasteiger partial charge is 0.299 e. The van der Waals surface area contributed by atoms with Gasteiger partial charge in [0.1, 0.15) is 17.5 Å². The molecule has 134 valence electrons. The number of ketones is 2. The molecule has 1 aromatic rings. The summed E-state index contributed by atoms with van der Waals surface area (Å²) in [5, 5.41) is 2.87. The minimum absolute atomic E-state index is 0.0670. The van der Waals surface area contributed by atoms with E-state index in [9.17, 15) is 9.59 Å². The summed E-state index contributed by atoms with van der Waals surface area (Å²) in [6, 6.07) is 3.81. The maximum absolute atomic E-state index is 12.8. The number of carbonyl (C=O) groups excluding carboxylic acids is 2. The van der Waals surface area contributed by atoms with E-state index in [1.807, 2.05) is 37.7 Å². The lowest BCUT2D eigenvalue weighted by atomic mass is 9.73. The van der Waals surface area contributed by atoms with Gasteiger partial charge in [0.25, 0.3) is 0 Å². The Kier molecular flexibility index (Phi) is 7.16. The van der Waals surface area contributed by atoms with E-state index in [0.29, 0.717) is 18.1 Å². The molecule has 0 saturated heterocycles. The van der Waals surface area contributed by atoms with E-state index >= 15 is 0 Å². The molecule has 1 aromatic carbocycles. The molecule has 1 atom stereocenters. The first-order chi connectivity index (χ1) is 11.9. The van der Waals surface area contributed by atoms with Crippen molar-refractivity contribution in [2.75, 3.05) is 5.75 Å². The molecule has 0 bridgehead atoms. The third-order valence-electron chi connectivity index (χ3n) is 4.81. The fraction of sp³-hybridized carbons (Fsp3) is 0.524. The fourth-order valence-electron chi connectivity index (χ4n) is 3.92. The van der Waals surface area contributed by atoms with Crippen molar-refractivity contribution >= 4 is 34.9 Å². The summed E-state index contributed by atoms with van der Waals surface area (Å²) in [7, 11) is 0. The van der Waals surface area contributed by atoms with E-state index in [2.05, 4.69) is 25.1 Å². The standard InChI is InChI=1S/C21H25ClO2S/c1-5-25-15(4)10-17-11-18(23)21(19(24)12-17)20-13(2)8-16(6-7-22)9-14(20)3/h8-9,15,17,21H,5,10-12H2,1-4H3. The first kappa shape index (κ1) is 20.1. The molecule has 0 heterocycles. The maximum atomic E-state index is 12.8. The number of rotatable bonds is 5. The van der Waals surface area contributed by atoms with Crippen molar-refractivity contribution in [2.24, 2.45) is 5.92 Å². The summed E-state index contributed by atoms with van der Waals surface area (Å²) in [4.78, 5) is 25.6. The van der Waals surface area contributed by atoms with Crippen molar-refractivity contribution < 1.29 is 9.59 Å². The van der Waals surface area contributed by atoms with Crippen LogP contribution in [0.2, 0.25) is 0 Å². The van der Waals surface area contributed by atoms with Gasteiger partial charge < -0.3 is 0 Å². The number of hydrogen-bond acceptors (Lipinski definition) is 3. The Hall–Kier alpha value is -1.24. The van der Waals surface area contributed by atoms with Gasteiger partial charge in [0.15, 0.2) is 0 Å². The minimum Gasteiger partial charge on any atom is -0.299 e. The van der Waals surface area contributed by atoms with Gasteiger partial charge in [0.2, 0.25) is 0 Å². The van der Waals surface area contributed by atoms with Crippen LogP contribution in [0, 0.1) is 31.1 Å². The number of Topliss-reactive ketones (excluding diaryl/α,β-unsaturated/α-hetero) is 2. The summed E-state index contributed by atoms with van der Waals surface area (Å²) in [6.07, 6.45) is 1.95. The van der Waals surface area contributed by atoms with Gasteiger partial charge >= 0.3 is 0 Å². The summed E-state index contributed by atoms with van der Waals surface area (Å²) < 4.78 is 0. The highest BCUT2D eigenvalue weighted by molar-refractivity contribution is 7.99. The lowest BCUT2D eigenvalue weighted by Gasteiger charge is -2.29. The summed E-state index contributed by atoms with van der Waals surface area (Å²) in [5.74, 6) is 3.60. The van der Waals surface area contributed by atoms with Gasteiger partial charge in [-0.1, -0.05) is 13.8 Å². The second-order valence-corrected chi connectivity index (χ2v) is 8.79. The number of thioether (sulfide) groups is 1. The molecule has 0 aromatic heterocycles. The maximum Gasteiger partial charge on any atom is 0.148 e. The topological polar surface area (TPSA) is 34.1 Å². The highest BCUT2D eigenvalue weighted by atomic mass is 35.5. The van der Waals surface area contributed by atoms with Crippen molar-refractivity contribution in [1.29, 1.82) is 0 Å². The highest BCUT2D eigenvalue weighted by Crippen LogP contribution is 2.37. The first-order valence-corrected chi connectivity index (χ1v) is 10.2. The Morgan fingerprint density at radius 2 is 1.76 bits per heavy atom. The van der Waals surface area contributed by atoms with E-state index in [1.165, 1.54) is 0 Å². The zero-order valence-corrected chi connectivity index (χ0v) is 16.9. The Morgan fingerprint density at radius 3 is 2.24 bits per heavy atom. The Morgan fingerprint density at radius 1 is 1.20 bits per heavy atom. The van der Waals surface area contributed by atoms with Crippen molar-refractivity contribution in [2.45, 2.75) is 58.1 Å². The number of aryl methyl sites for hydroxylation is 2. The SMILES string of the molecule is CCSC(C)CC1CC(=O)C(c2c(C)cc(C#CCl)cc2C)C(=O)C1. The first-order valence-electron chi connectivity index (χ1n) is 8.77. The van der Waals surface area contributed by atoms with Crippen molar-refractivity contribution in [1.82, 2.24) is 0 Å². The molecular weight excluding hydrogens is 352 g/mol. The van der Waals surface area contributed by atoms with E-state index in [0.717, 1.165) is 34.4 Å². The van der Waals surface area contributed by atoms with E-state index < -0.39 is 5.92 Å². The molecule has 0 aliphatic heterocycles. The Balaban J connectivity index is 2.23. The molecular formula is C21H25ClO2S. The van der Waals surface area contributed by atoms with Gasteiger partial charge in [-0.3, -0.25) is 9.59 Å². The number of carbonyl (C=O) groups is 2. The molecule has 0 N–H and O–H groups in total. The van der Waals surface area contributed by atoms with Crippen LogP contribution in [0.5, 0.6) is 0 Å². The summed E-state index contributed by atoms with van der Waals surface area (Å²) >= 11 is 7.37. The third-order valence-corrected chi connectivity index (χ3v) is 6.00. The van der Waals surface area contributed by atoms with Gasteiger partial charge in [-0.25, -0.2) is 0 Å². The summed E-state index contributed by atoms with van der Waals surface area (Å²) in [5.41, 5.74) is 3.56. The molecule has 25 heavy (non-hydrogen) atoms. The van der Waals surface area contributed by atoms with Crippen molar-refractivity contribution in [3.8, 4) is 11.3 Å². The molecule has 4 heteroatoms. The molecule has 1 aliphatic carbocycles. The van der Waals surface area contributed by atoms with Crippen molar-refractivity contribution in [3.05, 3.63) is 34.4 Å². The zero-order chi connectivity index (χ0) is 18.6. The molecule has 1 fully saturated rings. The second-order valence-electron chi connectivity index (χ2n) is 6.88. The van der Waals surface area contributed by atoms with Crippen LogP contribution in [0.25, 0.3) is 0 Å². The Bertz CT molecular complexity index is 688. The lowest BCUT2D eigenvalue weighted by Crippen LogP contribution is -2.33. The monoisotopic (exact) mass is 376 g/mol. The van der Waals surface area contributed by atoms with Crippen LogP contribution in [0.15, 0.2) is 12.1 Å². The molecule has 1 aliphatic rings. The van der Waals surface area contributed by atoms with Crippen LogP contribution in [0.3, 0.4) is 0 Å². The molecule has 2 nitrogen and oxygen atoms in total. The average Bonchev–Trinajstić information content (AvgIpc) is 2.49. The predicted octanol–water partition coefficient (Wildman–Crippen LogP) is 5.01. The smallest absolute Gasteiger partial charge is 0.148 e. The molecule has 0 spiro atoms. The second kappa shape index (κ2) is 8.92. The highest BCUT2D eigenvalue weighted by Gasteiger charge is 2.38. The number of halogens is 1. The number of benzene rings is 1. The van der Waals surface area contributed by atoms with Crippen LogP contribution in [-0.4, -0.2) is 22.6 Å². The van der Waals surface area contributed by atoms with E-state index in [4.69, 9.17) is 11.6 Å². The van der Waals surface area contributed by atoms with E-state index in [1.54, 1.807) is 0 Å². The van der Waals surface area contributed by atoms with Crippen LogP contribution in [0.4, 0.5) is 0 Å².